The van der Waals surface area contributed by atoms with Crippen molar-refractivity contribution in [3.63, 3.8) is 0 Å². The van der Waals surface area contributed by atoms with Gasteiger partial charge in [0.2, 0.25) is 11.8 Å². The third-order valence-corrected chi connectivity index (χ3v) is 5.64. The summed E-state index contributed by atoms with van der Waals surface area (Å²) in [6.45, 7) is 10.1. The van der Waals surface area contributed by atoms with Crippen molar-refractivity contribution in [3.8, 4) is 5.75 Å². The quantitative estimate of drug-likeness (QED) is 0.280. The Labute approximate surface area is 212 Å². The second-order valence-electron chi connectivity index (χ2n) is 9.54. The van der Waals surface area contributed by atoms with Crippen molar-refractivity contribution >= 4 is 36.5 Å². The van der Waals surface area contributed by atoms with E-state index in [9.17, 15) is 24.3 Å². The van der Waals surface area contributed by atoms with Crippen LogP contribution in [-0.2, 0) is 23.9 Å². The highest BCUT2D eigenvalue weighted by Gasteiger charge is 2.43. The summed E-state index contributed by atoms with van der Waals surface area (Å²) in [5.41, 5.74) is -1.24. The van der Waals surface area contributed by atoms with E-state index in [0.717, 1.165) is 0 Å². The number of phenols is 1. The predicted molar refractivity (Wildman–Crippen MR) is 134 cm³/mol. The van der Waals surface area contributed by atoms with E-state index >= 15 is 0 Å². The Hall–Kier alpha value is -2.95. The molecule has 0 aliphatic rings. The molecule has 1 aromatic carbocycles. The van der Waals surface area contributed by atoms with Crippen LogP contribution in [0.2, 0.25) is 0 Å². The molecule has 3 N–H and O–H groups in total. The number of ether oxygens (including phenoxy) is 2. The lowest BCUT2D eigenvalue weighted by Gasteiger charge is -2.44. The number of esters is 1. The van der Waals surface area contributed by atoms with E-state index in [2.05, 4.69) is 28.0 Å². The van der Waals surface area contributed by atoms with E-state index in [1.807, 2.05) is 6.92 Å². The fourth-order valence-electron chi connectivity index (χ4n) is 3.15. The molecule has 0 fully saturated rings. The minimum atomic E-state index is -1.19. The van der Waals surface area contributed by atoms with E-state index in [1.54, 1.807) is 34.6 Å². The van der Waals surface area contributed by atoms with Gasteiger partial charge in [-0.2, -0.15) is 12.6 Å². The molecule has 3 amide bonds. The summed E-state index contributed by atoms with van der Waals surface area (Å²) in [7, 11) is 1.20. The molecular weight excluding hydrogens is 474 g/mol. The first-order chi connectivity index (χ1) is 16.2. The molecule has 0 saturated carbocycles. The van der Waals surface area contributed by atoms with Crippen molar-refractivity contribution in [2.45, 2.75) is 71.2 Å². The molecule has 1 aromatic rings. The lowest BCUT2D eigenvalue weighted by atomic mass is 9.92. The second kappa shape index (κ2) is 12.7. The maximum absolute atomic E-state index is 13.8. The number of hydrogen-bond acceptors (Lipinski definition) is 8. The average molecular weight is 512 g/mol. The molecule has 0 saturated heterocycles. The molecule has 1 rings (SSSR count). The molecule has 0 aliphatic carbocycles. The Morgan fingerprint density at radius 3 is 2.11 bits per heavy atom. The number of benzene rings is 1. The van der Waals surface area contributed by atoms with E-state index in [1.165, 1.54) is 36.3 Å². The van der Waals surface area contributed by atoms with Crippen LogP contribution in [0.15, 0.2) is 24.3 Å². The first-order valence-corrected chi connectivity index (χ1v) is 11.9. The lowest BCUT2D eigenvalue weighted by Crippen LogP contribution is -2.60. The van der Waals surface area contributed by atoms with Gasteiger partial charge in [-0.05, 0) is 58.7 Å². The maximum Gasteiger partial charge on any atom is 0.408 e. The van der Waals surface area contributed by atoms with Crippen molar-refractivity contribution in [2.24, 2.45) is 0 Å². The zero-order valence-corrected chi connectivity index (χ0v) is 22.3. The van der Waals surface area contributed by atoms with Crippen LogP contribution in [0.4, 0.5) is 4.79 Å². The van der Waals surface area contributed by atoms with Crippen molar-refractivity contribution in [3.05, 3.63) is 29.8 Å². The number of thiol groups is 1. The standard InChI is InChI=1S/C24H37N3O7S/c1-8-24(5,6)27(21(31)17(14-35)26-22(32)34-23(2,3)4)19(15-9-11-16(28)12-10-15)20(30)25-13-18(29)33-7/h9-12,17,19,28,35H,8,13-14H2,1-7H3,(H,25,30)(H,26,32). The van der Waals surface area contributed by atoms with Gasteiger partial charge in [0, 0.05) is 11.3 Å². The Morgan fingerprint density at radius 1 is 1.09 bits per heavy atom. The van der Waals surface area contributed by atoms with Gasteiger partial charge in [-0.25, -0.2) is 4.79 Å². The van der Waals surface area contributed by atoms with Crippen molar-refractivity contribution in [1.29, 1.82) is 0 Å². The summed E-state index contributed by atoms with van der Waals surface area (Å²) in [6, 6.07) is 3.53. The molecule has 0 bridgehead atoms. The van der Waals surface area contributed by atoms with E-state index < -0.39 is 53.6 Å². The number of nitrogens with one attached hydrogen (secondary N) is 2. The molecular formula is C24H37N3O7S. The smallest absolute Gasteiger partial charge is 0.408 e. The van der Waals surface area contributed by atoms with Gasteiger partial charge in [-0.15, -0.1) is 0 Å². The van der Waals surface area contributed by atoms with Gasteiger partial charge in [0.05, 0.1) is 7.11 Å². The molecule has 0 aliphatic heterocycles. The van der Waals surface area contributed by atoms with Crippen LogP contribution in [0.3, 0.4) is 0 Å². The zero-order valence-electron chi connectivity index (χ0n) is 21.4. The van der Waals surface area contributed by atoms with Gasteiger partial charge in [-0.1, -0.05) is 19.1 Å². The van der Waals surface area contributed by atoms with Gasteiger partial charge in [0.25, 0.3) is 0 Å². The fraction of sp³-hybridized carbons (Fsp3) is 0.583. The van der Waals surface area contributed by atoms with Gasteiger partial charge < -0.3 is 30.1 Å². The molecule has 11 heteroatoms. The molecule has 10 nitrogen and oxygen atoms in total. The minimum Gasteiger partial charge on any atom is -0.508 e. The monoisotopic (exact) mass is 511 g/mol. The van der Waals surface area contributed by atoms with Crippen LogP contribution in [0.5, 0.6) is 5.75 Å². The van der Waals surface area contributed by atoms with Crippen LogP contribution in [-0.4, -0.2) is 70.5 Å². The summed E-state index contributed by atoms with van der Waals surface area (Å²) in [6.07, 6.45) is -0.334. The third kappa shape index (κ3) is 8.97. The molecule has 2 unspecified atom stereocenters. The van der Waals surface area contributed by atoms with Crippen LogP contribution in [0.1, 0.15) is 59.6 Å². The summed E-state index contributed by atoms with van der Waals surface area (Å²) in [5, 5.41) is 14.8. The molecule has 0 heterocycles. The maximum atomic E-state index is 13.8. The Morgan fingerprint density at radius 2 is 1.66 bits per heavy atom. The Balaban J connectivity index is 3.50. The number of methoxy groups -OCH3 is 1. The summed E-state index contributed by atoms with van der Waals surface area (Å²) >= 11 is 4.25. The largest absolute Gasteiger partial charge is 0.508 e. The summed E-state index contributed by atoms with van der Waals surface area (Å²) < 4.78 is 9.88. The number of carbonyl (C=O) groups excluding carboxylic acids is 4. The van der Waals surface area contributed by atoms with Gasteiger partial charge >= 0.3 is 12.1 Å². The Kier molecular flexibility index (Phi) is 10.9. The second-order valence-corrected chi connectivity index (χ2v) is 9.91. The van der Waals surface area contributed by atoms with Gasteiger partial charge in [-0.3, -0.25) is 14.4 Å². The van der Waals surface area contributed by atoms with Crippen LogP contribution in [0, 0.1) is 0 Å². The van der Waals surface area contributed by atoms with Crippen LogP contribution >= 0.6 is 12.6 Å². The number of rotatable bonds is 10. The topological polar surface area (TPSA) is 134 Å². The number of amides is 3. The molecule has 0 radical (unpaired) electrons. The van der Waals surface area contributed by atoms with E-state index in [-0.39, 0.29) is 11.5 Å². The first-order valence-electron chi connectivity index (χ1n) is 11.2. The van der Waals surface area contributed by atoms with Crippen LogP contribution < -0.4 is 10.6 Å². The zero-order chi connectivity index (χ0) is 27.0. The predicted octanol–water partition coefficient (Wildman–Crippen LogP) is 2.56. The molecule has 2 atom stereocenters. The number of hydrogen-bond donors (Lipinski definition) is 4. The van der Waals surface area contributed by atoms with Gasteiger partial charge in [0.1, 0.15) is 30.0 Å². The summed E-state index contributed by atoms with van der Waals surface area (Å²) in [5.74, 6) is -1.93. The average Bonchev–Trinajstić information content (AvgIpc) is 2.78. The van der Waals surface area contributed by atoms with Crippen molar-refractivity contribution in [2.75, 3.05) is 19.4 Å². The first kappa shape index (κ1) is 30.1. The number of carbonyl (C=O) groups is 4. The van der Waals surface area contributed by atoms with E-state index in [4.69, 9.17) is 4.74 Å². The van der Waals surface area contributed by atoms with E-state index in [0.29, 0.717) is 12.0 Å². The van der Waals surface area contributed by atoms with Crippen molar-refractivity contribution < 1.29 is 33.8 Å². The number of phenolic OH excluding ortho intramolecular Hbond substituents is 1. The highest BCUT2D eigenvalue weighted by molar-refractivity contribution is 7.80. The molecule has 196 valence electrons. The normalized spacial score (nSPS) is 13.3. The highest BCUT2D eigenvalue weighted by atomic mass is 32.1. The number of nitrogens with zero attached hydrogens (tertiary/aromatic N) is 1. The molecule has 35 heavy (non-hydrogen) atoms. The number of aromatic hydroxyl groups is 1. The highest BCUT2D eigenvalue weighted by Crippen LogP contribution is 2.33. The minimum absolute atomic E-state index is 0.0186. The van der Waals surface area contributed by atoms with Crippen LogP contribution in [0.25, 0.3) is 0 Å². The SMILES string of the molecule is CCC(C)(C)N(C(=O)C(CS)NC(=O)OC(C)(C)C)C(C(=O)NCC(=O)OC)c1ccc(O)cc1. The fourth-order valence-corrected chi connectivity index (χ4v) is 3.40. The Bertz CT molecular complexity index is 897. The summed E-state index contributed by atoms with van der Waals surface area (Å²) in [4.78, 5) is 52.6. The lowest BCUT2D eigenvalue weighted by molar-refractivity contribution is -0.149. The molecule has 0 aromatic heterocycles. The molecule has 0 spiro atoms. The third-order valence-electron chi connectivity index (χ3n) is 5.28. The van der Waals surface area contributed by atoms with Crippen molar-refractivity contribution in [1.82, 2.24) is 15.5 Å². The number of alkyl carbamates (subject to hydrolysis) is 1. The van der Waals surface area contributed by atoms with Gasteiger partial charge in [0.15, 0.2) is 0 Å².